The molecular formula is C8H21N3. The van der Waals surface area contributed by atoms with Crippen molar-refractivity contribution in [3.05, 3.63) is 0 Å². The molecule has 0 aliphatic rings. The minimum atomic E-state index is 0.943. The van der Waals surface area contributed by atoms with Gasteiger partial charge < -0.3 is 5.32 Å². The lowest BCUT2D eigenvalue weighted by Gasteiger charge is -2.29. The first kappa shape index (κ1) is 10.9. The van der Waals surface area contributed by atoms with Crippen LogP contribution in [0.25, 0.3) is 0 Å². The minimum Gasteiger partial charge on any atom is -0.304 e. The van der Waals surface area contributed by atoms with Crippen molar-refractivity contribution < 1.29 is 0 Å². The highest BCUT2D eigenvalue weighted by molar-refractivity contribution is 4.47. The molecule has 0 aromatic carbocycles. The van der Waals surface area contributed by atoms with Crippen molar-refractivity contribution in [1.29, 1.82) is 0 Å². The number of hydrazine groups is 1. The Morgan fingerprint density at radius 2 is 1.64 bits per heavy atom. The SMILES string of the molecule is CCNCN(C)N(CC)CC. The normalized spacial score (nSPS) is 11.5. The highest BCUT2D eigenvalue weighted by Crippen LogP contribution is 1.90. The summed E-state index contributed by atoms with van der Waals surface area (Å²) in [6, 6.07) is 0. The number of nitrogens with zero attached hydrogens (tertiary/aromatic N) is 2. The number of hydrogen-bond donors (Lipinski definition) is 1. The van der Waals surface area contributed by atoms with Crippen molar-refractivity contribution in [2.24, 2.45) is 0 Å². The van der Waals surface area contributed by atoms with E-state index in [9.17, 15) is 0 Å². The molecular weight excluding hydrogens is 138 g/mol. The first-order valence-electron chi connectivity index (χ1n) is 4.42. The zero-order valence-corrected chi connectivity index (χ0v) is 8.22. The first-order chi connectivity index (χ1) is 5.26. The van der Waals surface area contributed by atoms with Crippen molar-refractivity contribution in [3.8, 4) is 0 Å². The molecule has 0 aromatic heterocycles. The van der Waals surface area contributed by atoms with Crippen LogP contribution < -0.4 is 5.32 Å². The monoisotopic (exact) mass is 159 g/mol. The quantitative estimate of drug-likeness (QED) is 0.455. The lowest BCUT2D eigenvalue weighted by atomic mass is 10.6. The molecule has 0 aliphatic carbocycles. The van der Waals surface area contributed by atoms with Gasteiger partial charge in [-0.2, -0.15) is 0 Å². The highest BCUT2D eigenvalue weighted by atomic mass is 15.6. The summed E-state index contributed by atoms with van der Waals surface area (Å²) < 4.78 is 0. The van der Waals surface area contributed by atoms with E-state index in [1.54, 1.807) is 0 Å². The second-order valence-corrected chi connectivity index (χ2v) is 2.56. The van der Waals surface area contributed by atoms with Gasteiger partial charge in [-0.25, -0.2) is 10.0 Å². The summed E-state index contributed by atoms with van der Waals surface area (Å²) in [6.45, 7) is 10.6. The fraction of sp³-hybridized carbons (Fsp3) is 1.00. The standard InChI is InChI=1S/C8H21N3/c1-5-9-8-10(4)11(6-2)7-3/h9H,5-8H2,1-4H3. The topological polar surface area (TPSA) is 18.5 Å². The third kappa shape index (κ3) is 4.35. The number of hydrogen-bond acceptors (Lipinski definition) is 3. The predicted molar refractivity (Wildman–Crippen MR) is 49.2 cm³/mol. The zero-order chi connectivity index (χ0) is 8.69. The maximum Gasteiger partial charge on any atom is 0.0620 e. The van der Waals surface area contributed by atoms with Crippen LogP contribution in [0.15, 0.2) is 0 Å². The van der Waals surface area contributed by atoms with Crippen LogP contribution in [0.4, 0.5) is 0 Å². The van der Waals surface area contributed by atoms with Crippen LogP contribution in [0.1, 0.15) is 20.8 Å². The molecule has 0 heterocycles. The fourth-order valence-corrected chi connectivity index (χ4v) is 1.08. The molecule has 0 aromatic rings. The Kier molecular flexibility index (Phi) is 6.51. The Bertz CT molecular complexity index is 81.4. The lowest BCUT2D eigenvalue weighted by Crippen LogP contribution is -2.44. The van der Waals surface area contributed by atoms with Crippen molar-refractivity contribution in [3.63, 3.8) is 0 Å². The summed E-state index contributed by atoms with van der Waals surface area (Å²) in [5, 5.41) is 7.79. The zero-order valence-electron chi connectivity index (χ0n) is 8.22. The molecule has 68 valence electrons. The van der Waals surface area contributed by atoms with Gasteiger partial charge in [0.1, 0.15) is 0 Å². The molecule has 0 fully saturated rings. The molecule has 0 aliphatic heterocycles. The van der Waals surface area contributed by atoms with Gasteiger partial charge in [-0.15, -0.1) is 0 Å². The molecule has 3 nitrogen and oxygen atoms in total. The molecule has 0 saturated heterocycles. The van der Waals surface area contributed by atoms with Gasteiger partial charge in [0.05, 0.1) is 6.67 Å². The van der Waals surface area contributed by atoms with E-state index < -0.39 is 0 Å². The molecule has 3 heteroatoms. The van der Waals surface area contributed by atoms with E-state index >= 15 is 0 Å². The van der Waals surface area contributed by atoms with Crippen LogP contribution in [0.3, 0.4) is 0 Å². The Hall–Kier alpha value is -0.120. The van der Waals surface area contributed by atoms with Crippen LogP contribution in [-0.2, 0) is 0 Å². The second-order valence-electron chi connectivity index (χ2n) is 2.56. The Labute approximate surface area is 70.3 Å². The van der Waals surface area contributed by atoms with Crippen molar-refractivity contribution in [1.82, 2.24) is 15.3 Å². The van der Waals surface area contributed by atoms with Crippen molar-refractivity contribution in [2.75, 3.05) is 33.4 Å². The van der Waals surface area contributed by atoms with E-state index in [4.69, 9.17) is 0 Å². The van der Waals surface area contributed by atoms with Gasteiger partial charge in [0.25, 0.3) is 0 Å². The van der Waals surface area contributed by atoms with Crippen molar-refractivity contribution in [2.45, 2.75) is 20.8 Å². The van der Waals surface area contributed by atoms with Crippen LogP contribution in [0, 0.1) is 0 Å². The van der Waals surface area contributed by atoms with E-state index in [2.05, 4.69) is 43.2 Å². The van der Waals surface area contributed by atoms with Gasteiger partial charge in [-0.3, -0.25) is 0 Å². The van der Waals surface area contributed by atoms with Gasteiger partial charge in [-0.1, -0.05) is 20.8 Å². The number of nitrogens with one attached hydrogen (secondary N) is 1. The average molecular weight is 159 g/mol. The number of rotatable bonds is 6. The third-order valence-electron chi connectivity index (χ3n) is 1.80. The predicted octanol–water partition coefficient (Wildman–Crippen LogP) is 0.742. The minimum absolute atomic E-state index is 0.943. The summed E-state index contributed by atoms with van der Waals surface area (Å²) >= 11 is 0. The maximum absolute atomic E-state index is 3.28. The molecule has 1 N–H and O–H groups in total. The molecule has 0 unspecified atom stereocenters. The Balaban J connectivity index is 3.51. The third-order valence-corrected chi connectivity index (χ3v) is 1.80. The molecule has 0 rings (SSSR count). The van der Waals surface area contributed by atoms with E-state index in [1.807, 2.05) is 0 Å². The molecule has 0 saturated carbocycles. The van der Waals surface area contributed by atoms with Gasteiger partial charge in [-0.05, 0) is 6.54 Å². The van der Waals surface area contributed by atoms with E-state index in [0.29, 0.717) is 0 Å². The molecule has 0 spiro atoms. The Morgan fingerprint density at radius 3 is 2.00 bits per heavy atom. The first-order valence-corrected chi connectivity index (χ1v) is 4.42. The van der Waals surface area contributed by atoms with E-state index in [1.165, 1.54) is 0 Å². The molecule has 0 radical (unpaired) electrons. The summed E-state index contributed by atoms with van der Waals surface area (Å²) in [5.41, 5.74) is 0. The molecule has 0 bridgehead atoms. The lowest BCUT2D eigenvalue weighted by molar-refractivity contribution is 0.00329. The summed E-state index contributed by atoms with van der Waals surface area (Å²) in [4.78, 5) is 0. The van der Waals surface area contributed by atoms with Crippen molar-refractivity contribution >= 4 is 0 Å². The second kappa shape index (κ2) is 6.58. The Morgan fingerprint density at radius 1 is 1.09 bits per heavy atom. The van der Waals surface area contributed by atoms with Gasteiger partial charge >= 0.3 is 0 Å². The van der Waals surface area contributed by atoms with Crippen LogP contribution in [0.2, 0.25) is 0 Å². The summed E-state index contributed by atoms with van der Waals surface area (Å²) in [7, 11) is 2.11. The van der Waals surface area contributed by atoms with E-state index in [0.717, 1.165) is 26.3 Å². The fourth-order valence-electron chi connectivity index (χ4n) is 1.08. The maximum atomic E-state index is 3.28. The molecule has 0 atom stereocenters. The van der Waals surface area contributed by atoms with Gasteiger partial charge in [0, 0.05) is 20.1 Å². The summed E-state index contributed by atoms with van der Waals surface area (Å²) in [6.07, 6.45) is 0. The van der Waals surface area contributed by atoms with Crippen LogP contribution >= 0.6 is 0 Å². The van der Waals surface area contributed by atoms with Gasteiger partial charge in [0.2, 0.25) is 0 Å². The van der Waals surface area contributed by atoms with Crippen LogP contribution in [-0.4, -0.2) is 43.4 Å². The summed E-state index contributed by atoms with van der Waals surface area (Å²) in [5.74, 6) is 0. The average Bonchev–Trinajstić information content (AvgIpc) is 2.03. The molecule has 0 amide bonds. The van der Waals surface area contributed by atoms with Crippen LogP contribution in [0.5, 0.6) is 0 Å². The molecule has 11 heavy (non-hydrogen) atoms. The van der Waals surface area contributed by atoms with Gasteiger partial charge in [0.15, 0.2) is 0 Å². The van der Waals surface area contributed by atoms with E-state index in [-0.39, 0.29) is 0 Å². The smallest absolute Gasteiger partial charge is 0.0620 e. The largest absolute Gasteiger partial charge is 0.304 e. The highest BCUT2D eigenvalue weighted by Gasteiger charge is 2.03.